The third-order valence-electron chi connectivity index (χ3n) is 6.73. The van der Waals surface area contributed by atoms with Gasteiger partial charge in [-0.05, 0) is 0 Å². The van der Waals surface area contributed by atoms with E-state index in [0.29, 0.717) is 0 Å². The van der Waals surface area contributed by atoms with Crippen molar-refractivity contribution in [3.8, 4) is 0 Å². The quantitative estimate of drug-likeness (QED) is 0.111. The monoisotopic (exact) mass is 736 g/mol. The molecule has 0 amide bonds. The molecule has 3 aromatic rings. The van der Waals surface area contributed by atoms with Gasteiger partial charge >= 0.3 is 239 Å². The van der Waals surface area contributed by atoms with Crippen molar-refractivity contribution in [3.05, 3.63) is 91.0 Å². The Morgan fingerprint density at radius 2 is 0.732 bits per heavy atom. The first kappa shape index (κ1) is 33.4. The van der Waals surface area contributed by atoms with E-state index in [-0.39, 0.29) is 15.9 Å². The summed E-state index contributed by atoms with van der Waals surface area (Å²) in [7, 11) is 0. The number of alkyl halides is 13. The molecule has 0 unspecified atom stereocenters. The molecule has 3 rings (SSSR count). The van der Waals surface area contributed by atoms with E-state index in [4.69, 9.17) is 0 Å². The predicted molar refractivity (Wildman–Crippen MR) is 139 cm³/mol. The molecule has 0 N–H and O–H groups in total. The van der Waals surface area contributed by atoms with Crippen LogP contribution in [0, 0.1) is 0 Å². The summed E-state index contributed by atoms with van der Waals surface area (Å²) in [6.45, 7) is 0. The SMILES string of the molecule is FC(F)(F)C(F)(F)C(F)(F)C(F)(F)C(F)(F)C(F)(F)CCP(I)(c1ccccc1)(c1ccccc1)c1ccccc1. The van der Waals surface area contributed by atoms with E-state index in [0.717, 1.165) is 0 Å². The first-order valence-corrected chi connectivity index (χ1v) is 16.7. The molecule has 15 heteroatoms. The second-order valence-electron chi connectivity index (χ2n) is 9.16. The van der Waals surface area contributed by atoms with Crippen molar-refractivity contribution < 1.29 is 57.1 Å². The normalized spacial score (nSPS) is 15.3. The van der Waals surface area contributed by atoms with Gasteiger partial charge in [-0.3, -0.25) is 0 Å². The van der Waals surface area contributed by atoms with Crippen molar-refractivity contribution in [2.24, 2.45) is 0 Å². The van der Waals surface area contributed by atoms with Crippen LogP contribution in [-0.4, -0.2) is 42.0 Å². The molecule has 0 nitrogen and oxygen atoms in total. The Labute approximate surface area is 238 Å². The van der Waals surface area contributed by atoms with Crippen LogP contribution in [0.15, 0.2) is 91.0 Å². The predicted octanol–water partition coefficient (Wildman–Crippen LogP) is 9.00. The molecule has 0 atom stereocenters. The van der Waals surface area contributed by atoms with Crippen LogP contribution in [0.3, 0.4) is 0 Å². The molecule has 41 heavy (non-hydrogen) atoms. The van der Waals surface area contributed by atoms with Crippen molar-refractivity contribution in [2.75, 3.05) is 6.16 Å². The fourth-order valence-corrected chi connectivity index (χ4v) is 12.7. The van der Waals surface area contributed by atoms with E-state index < -0.39 is 52.6 Å². The van der Waals surface area contributed by atoms with Crippen LogP contribution >= 0.6 is 26.3 Å². The molecule has 0 aliphatic rings. The van der Waals surface area contributed by atoms with Crippen LogP contribution in [0.5, 0.6) is 0 Å². The van der Waals surface area contributed by atoms with Crippen LogP contribution in [0.4, 0.5) is 57.1 Å². The summed E-state index contributed by atoms with van der Waals surface area (Å²) in [5.74, 6) is -37.0. The van der Waals surface area contributed by atoms with Gasteiger partial charge in [-0.15, -0.1) is 0 Å². The molecule has 0 aliphatic heterocycles. The van der Waals surface area contributed by atoms with Crippen molar-refractivity contribution >= 4 is 42.2 Å². The molecule has 0 radical (unpaired) electrons. The second kappa shape index (κ2) is 10.6. The van der Waals surface area contributed by atoms with E-state index in [1.54, 1.807) is 40.2 Å². The van der Waals surface area contributed by atoms with E-state index in [1.165, 1.54) is 72.8 Å². The minimum absolute atomic E-state index is 0.288. The number of rotatable bonds is 10. The van der Waals surface area contributed by atoms with Gasteiger partial charge < -0.3 is 0 Å². The summed E-state index contributed by atoms with van der Waals surface area (Å²) >= 11 is 1.78. The van der Waals surface area contributed by atoms with E-state index >= 15 is 8.78 Å². The van der Waals surface area contributed by atoms with Gasteiger partial charge in [0.05, 0.1) is 0 Å². The summed E-state index contributed by atoms with van der Waals surface area (Å²) < 4.78 is 175. The number of hydrogen-bond acceptors (Lipinski definition) is 0. The molecule has 0 saturated carbocycles. The second-order valence-corrected chi connectivity index (χ2v) is 19.9. The fraction of sp³-hybridized carbons (Fsp3) is 0.308. The van der Waals surface area contributed by atoms with E-state index in [1.807, 2.05) is 0 Å². The maximum absolute atomic E-state index is 15.1. The summed E-state index contributed by atoms with van der Waals surface area (Å²) in [6, 6.07) is 22.4. The van der Waals surface area contributed by atoms with Gasteiger partial charge in [0.1, 0.15) is 0 Å². The molecule has 226 valence electrons. The Morgan fingerprint density at radius 3 is 1.02 bits per heavy atom. The summed E-state index contributed by atoms with van der Waals surface area (Å²) in [5, 5.41) is 0.865. The molecule has 3 aromatic carbocycles. The van der Waals surface area contributed by atoms with Crippen molar-refractivity contribution in [1.82, 2.24) is 0 Å². The van der Waals surface area contributed by atoms with E-state index in [9.17, 15) is 48.3 Å². The van der Waals surface area contributed by atoms with Gasteiger partial charge in [-0.25, -0.2) is 0 Å². The van der Waals surface area contributed by atoms with Crippen LogP contribution in [-0.2, 0) is 0 Å². The Morgan fingerprint density at radius 1 is 0.439 bits per heavy atom. The number of hydrogen-bond donors (Lipinski definition) is 0. The molecule has 0 spiro atoms. The van der Waals surface area contributed by atoms with Gasteiger partial charge in [-0.2, -0.15) is 0 Å². The first-order valence-electron chi connectivity index (χ1n) is 11.4. The summed E-state index contributed by atoms with van der Waals surface area (Å²) in [5.41, 5.74) is 0. The van der Waals surface area contributed by atoms with Crippen LogP contribution < -0.4 is 15.9 Å². The average molecular weight is 736 g/mol. The average Bonchev–Trinajstić information content (AvgIpc) is 2.92. The molecule has 0 aromatic heterocycles. The molecule has 0 heterocycles. The van der Waals surface area contributed by atoms with Crippen LogP contribution in [0.1, 0.15) is 6.42 Å². The van der Waals surface area contributed by atoms with Crippen molar-refractivity contribution in [3.63, 3.8) is 0 Å². The van der Waals surface area contributed by atoms with Gasteiger partial charge in [0.2, 0.25) is 0 Å². The summed E-state index contributed by atoms with van der Waals surface area (Å²) in [6.07, 6.45) is -10.8. The van der Waals surface area contributed by atoms with Gasteiger partial charge in [0, 0.05) is 0 Å². The molecule has 0 bridgehead atoms. The van der Waals surface area contributed by atoms with Crippen molar-refractivity contribution in [2.45, 2.75) is 42.2 Å². The Kier molecular flexibility index (Phi) is 8.61. The Balaban J connectivity index is 2.22. The first-order chi connectivity index (χ1) is 18.6. The van der Waals surface area contributed by atoms with Gasteiger partial charge in [-0.1, -0.05) is 0 Å². The van der Waals surface area contributed by atoms with E-state index in [2.05, 4.69) is 0 Å². The standard InChI is InChI=1S/C26H19F13IP/c27-21(28,22(29,30)23(31,32)24(33,34)25(35,36)26(37,38)39)16-17-41(40,18-10-4-1-5-11-18,19-12-6-2-7-13-19)20-14-8-3-9-15-20/h1-15H,16-17H2. The molecule has 0 saturated heterocycles. The van der Waals surface area contributed by atoms with Gasteiger partial charge in [0.15, 0.2) is 0 Å². The third kappa shape index (κ3) is 5.00. The third-order valence-corrected chi connectivity index (χ3v) is 18.4. The molecule has 0 fully saturated rings. The van der Waals surface area contributed by atoms with Crippen LogP contribution in [0.2, 0.25) is 0 Å². The minimum atomic E-state index is -7.93. The zero-order valence-corrected chi connectivity index (χ0v) is 23.4. The molecule has 0 aliphatic carbocycles. The maximum atomic E-state index is 15.1. The Hall–Kier alpha value is -2.09. The zero-order valence-electron chi connectivity index (χ0n) is 20.3. The zero-order chi connectivity index (χ0) is 31.2. The Bertz CT molecular complexity index is 1230. The number of benzene rings is 3. The molecular weight excluding hydrogens is 717 g/mol. The van der Waals surface area contributed by atoms with Gasteiger partial charge in [0.25, 0.3) is 0 Å². The van der Waals surface area contributed by atoms with Crippen molar-refractivity contribution in [1.29, 1.82) is 0 Å². The number of halogens is 14. The van der Waals surface area contributed by atoms with Crippen LogP contribution in [0.25, 0.3) is 0 Å². The molecular formula is C26H19F13IP. The summed E-state index contributed by atoms with van der Waals surface area (Å²) in [4.78, 5) is 0. The topological polar surface area (TPSA) is 0 Å². The fourth-order valence-electron chi connectivity index (χ4n) is 4.36.